The standard InChI is InChI=1S/C21H21N3O2S/c1-14-8-10-16(11-9-14)15(2)22-19(25)12-18-13-27-21(23-18)24-20(26)17-6-4-3-5-7-17/h3-11,13,15H,12H2,1-2H3,(H,22,25)(H,23,24,26). The maximum Gasteiger partial charge on any atom is 0.257 e. The summed E-state index contributed by atoms with van der Waals surface area (Å²) in [5.74, 6) is -0.316. The van der Waals surface area contributed by atoms with Gasteiger partial charge in [-0.2, -0.15) is 0 Å². The van der Waals surface area contributed by atoms with Crippen molar-refractivity contribution >= 4 is 28.3 Å². The SMILES string of the molecule is Cc1ccc(C(C)NC(=O)Cc2csc(NC(=O)c3ccccc3)n2)cc1. The summed E-state index contributed by atoms with van der Waals surface area (Å²) in [5.41, 5.74) is 3.45. The Balaban J connectivity index is 1.54. The van der Waals surface area contributed by atoms with Gasteiger partial charge < -0.3 is 5.32 Å². The van der Waals surface area contributed by atoms with E-state index >= 15 is 0 Å². The molecule has 1 heterocycles. The number of aromatic nitrogens is 1. The largest absolute Gasteiger partial charge is 0.349 e. The molecule has 2 N–H and O–H groups in total. The lowest BCUT2D eigenvalue weighted by atomic mass is 10.1. The monoisotopic (exact) mass is 379 g/mol. The number of nitrogens with zero attached hydrogens (tertiary/aromatic N) is 1. The van der Waals surface area contributed by atoms with E-state index in [1.807, 2.05) is 56.3 Å². The fraction of sp³-hybridized carbons (Fsp3) is 0.190. The van der Waals surface area contributed by atoms with Gasteiger partial charge in [0.05, 0.1) is 18.2 Å². The fourth-order valence-corrected chi connectivity index (χ4v) is 3.31. The molecule has 0 fully saturated rings. The first-order chi connectivity index (χ1) is 13.0. The lowest BCUT2D eigenvalue weighted by molar-refractivity contribution is -0.121. The van der Waals surface area contributed by atoms with Crippen LogP contribution in [0.5, 0.6) is 0 Å². The zero-order chi connectivity index (χ0) is 19.2. The molecule has 0 saturated heterocycles. The predicted molar refractivity (Wildman–Crippen MR) is 108 cm³/mol. The third-order valence-corrected chi connectivity index (χ3v) is 4.91. The molecule has 0 spiro atoms. The lowest BCUT2D eigenvalue weighted by Gasteiger charge is -2.14. The van der Waals surface area contributed by atoms with Gasteiger partial charge in [-0.3, -0.25) is 14.9 Å². The number of carbonyl (C=O) groups excluding carboxylic acids is 2. The van der Waals surface area contributed by atoms with Gasteiger partial charge in [-0.15, -0.1) is 11.3 Å². The molecule has 0 bridgehead atoms. The zero-order valence-corrected chi connectivity index (χ0v) is 16.0. The third-order valence-electron chi connectivity index (χ3n) is 4.10. The number of carbonyl (C=O) groups is 2. The number of hydrogen-bond donors (Lipinski definition) is 2. The molecule has 1 unspecified atom stereocenters. The highest BCUT2D eigenvalue weighted by Gasteiger charge is 2.13. The lowest BCUT2D eigenvalue weighted by Crippen LogP contribution is -2.28. The molecule has 0 aliphatic rings. The zero-order valence-electron chi connectivity index (χ0n) is 15.2. The minimum Gasteiger partial charge on any atom is -0.349 e. The van der Waals surface area contributed by atoms with Crippen LogP contribution >= 0.6 is 11.3 Å². The van der Waals surface area contributed by atoms with Crippen molar-refractivity contribution in [2.24, 2.45) is 0 Å². The van der Waals surface area contributed by atoms with E-state index in [0.717, 1.165) is 5.56 Å². The first-order valence-corrected chi connectivity index (χ1v) is 9.56. The quantitative estimate of drug-likeness (QED) is 0.677. The number of hydrogen-bond acceptors (Lipinski definition) is 4. The Morgan fingerprint density at radius 3 is 2.48 bits per heavy atom. The molecule has 0 saturated carbocycles. The van der Waals surface area contributed by atoms with Crippen LogP contribution in [0.1, 0.15) is 40.1 Å². The molecular formula is C21H21N3O2S. The molecule has 0 radical (unpaired) electrons. The van der Waals surface area contributed by atoms with Crippen molar-refractivity contribution in [3.05, 3.63) is 82.4 Å². The minimum absolute atomic E-state index is 0.0750. The van der Waals surface area contributed by atoms with Crippen LogP contribution in [0.3, 0.4) is 0 Å². The molecule has 138 valence electrons. The van der Waals surface area contributed by atoms with Crippen LogP contribution in [0.25, 0.3) is 0 Å². The summed E-state index contributed by atoms with van der Waals surface area (Å²) in [6.45, 7) is 3.98. The van der Waals surface area contributed by atoms with Crippen LogP contribution in [0.2, 0.25) is 0 Å². The molecule has 6 heteroatoms. The van der Waals surface area contributed by atoms with Gasteiger partial charge in [0.15, 0.2) is 5.13 Å². The van der Waals surface area contributed by atoms with E-state index in [1.165, 1.54) is 16.9 Å². The van der Waals surface area contributed by atoms with Gasteiger partial charge in [0.2, 0.25) is 5.91 Å². The molecular weight excluding hydrogens is 358 g/mol. The van der Waals surface area contributed by atoms with E-state index < -0.39 is 0 Å². The second-order valence-corrected chi connectivity index (χ2v) is 7.20. The van der Waals surface area contributed by atoms with Crippen LogP contribution in [0.4, 0.5) is 5.13 Å². The van der Waals surface area contributed by atoms with E-state index in [-0.39, 0.29) is 24.3 Å². The summed E-state index contributed by atoms with van der Waals surface area (Å²) in [7, 11) is 0. The molecule has 27 heavy (non-hydrogen) atoms. The molecule has 2 amide bonds. The summed E-state index contributed by atoms with van der Waals surface area (Å²) >= 11 is 1.31. The second-order valence-electron chi connectivity index (χ2n) is 6.34. The van der Waals surface area contributed by atoms with Gasteiger partial charge in [-0.25, -0.2) is 4.98 Å². The van der Waals surface area contributed by atoms with Crippen molar-refractivity contribution in [3.63, 3.8) is 0 Å². The second kappa shape index (κ2) is 8.60. The van der Waals surface area contributed by atoms with E-state index in [4.69, 9.17) is 0 Å². The van der Waals surface area contributed by atoms with E-state index in [9.17, 15) is 9.59 Å². The van der Waals surface area contributed by atoms with Crippen molar-refractivity contribution in [2.45, 2.75) is 26.3 Å². The summed E-state index contributed by atoms with van der Waals surface area (Å²) in [4.78, 5) is 28.8. The summed E-state index contributed by atoms with van der Waals surface area (Å²) in [6.07, 6.45) is 0.175. The van der Waals surface area contributed by atoms with Gasteiger partial charge >= 0.3 is 0 Å². The molecule has 1 aromatic heterocycles. The number of rotatable bonds is 6. The van der Waals surface area contributed by atoms with Crippen molar-refractivity contribution in [2.75, 3.05) is 5.32 Å². The normalized spacial score (nSPS) is 11.6. The number of anilines is 1. The topological polar surface area (TPSA) is 71.1 Å². The number of benzene rings is 2. The summed E-state index contributed by atoms with van der Waals surface area (Å²) < 4.78 is 0. The molecule has 2 aromatic carbocycles. The molecule has 3 rings (SSSR count). The number of nitrogens with one attached hydrogen (secondary N) is 2. The highest BCUT2D eigenvalue weighted by Crippen LogP contribution is 2.18. The Hall–Kier alpha value is -2.99. The van der Waals surface area contributed by atoms with E-state index in [2.05, 4.69) is 15.6 Å². The molecule has 0 aliphatic carbocycles. The Morgan fingerprint density at radius 1 is 1.07 bits per heavy atom. The highest BCUT2D eigenvalue weighted by molar-refractivity contribution is 7.14. The molecule has 1 atom stereocenters. The van der Waals surface area contributed by atoms with Crippen LogP contribution in [-0.4, -0.2) is 16.8 Å². The first-order valence-electron chi connectivity index (χ1n) is 8.68. The van der Waals surface area contributed by atoms with E-state index in [1.54, 1.807) is 17.5 Å². The van der Waals surface area contributed by atoms with Crippen molar-refractivity contribution in [3.8, 4) is 0 Å². The number of aryl methyl sites for hydroxylation is 1. The Kier molecular flexibility index (Phi) is 5.98. The smallest absolute Gasteiger partial charge is 0.257 e. The highest BCUT2D eigenvalue weighted by atomic mass is 32.1. The third kappa shape index (κ3) is 5.24. The Morgan fingerprint density at radius 2 is 1.78 bits per heavy atom. The van der Waals surface area contributed by atoms with Crippen molar-refractivity contribution in [1.29, 1.82) is 0 Å². The van der Waals surface area contributed by atoms with Gasteiger partial charge in [0.25, 0.3) is 5.91 Å². The summed E-state index contributed by atoms with van der Waals surface area (Å²) in [5, 5.41) is 8.01. The maximum atomic E-state index is 12.3. The van der Waals surface area contributed by atoms with Gasteiger partial charge in [-0.05, 0) is 31.5 Å². The Bertz CT molecular complexity index is 920. The van der Waals surface area contributed by atoms with Crippen LogP contribution < -0.4 is 10.6 Å². The van der Waals surface area contributed by atoms with E-state index in [0.29, 0.717) is 16.4 Å². The summed E-state index contributed by atoms with van der Waals surface area (Å²) in [6, 6.07) is 17.0. The average Bonchev–Trinajstić information content (AvgIpc) is 3.09. The molecule has 5 nitrogen and oxygen atoms in total. The predicted octanol–water partition coefficient (Wildman–Crippen LogP) is 4.12. The van der Waals surface area contributed by atoms with Crippen LogP contribution in [0, 0.1) is 6.92 Å². The molecule has 0 aliphatic heterocycles. The van der Waals surface area contributed by atoms with Crippen LogP contribution in [-0.2, 0) is 11.2 Å². The maximum absolute atomic E-state index is 12.3. The Labute approximate surface area is 162 Å². The number of amides is 2. The van der Waals surface area contributed by atoms with Crippen molar-refractivity contribution in [1.82, 2.24) is 10.3 Å². The van der Waals surface area contributed by atoms with Gasteiger partial charge in [0, 0.05) is 10.9 Å². The van der Waals surface area contributed by atoms with Gasteiger partial charge in [0.1, 0.15) is 0 Å². The fourth-order valence-electron chi connectivity index (χ4n) is 2.60. The first kappa shape index (κ1) is 18.8. The average molecular weight is 379 g/mol. The van der Waals surface area contributed by atoms with Crippen molar-refractivity contribution < 1.29 is 9.59 Å². The minimum atomic E-state index is -0.214. The molecule has 3 aromatic rings. The van der Waals surface area contributed by atoms with Crippen LogP contribution in [0.15, 0.2) is 60.0 Å². The number of thiazole rings is 1. The van der Waals surface area contributed by atoms with Gasteiger partial charge in [-0.1, -0.05) is 48.0 Å².